The standard InChI is InChI=1S/C35H32N2O9.ClH/c1-41-27-17-24-25(18-28(27)46-19-26(38)20-9-7-6-8-10-20)34(39)37(23-13-11-22(36)12-14-23)32(35(40)45-5)31(24)21-15-29(42-2)33(44-4)30(16-21)43-3;/h6-18H,19,36H2,1-5H3;1H. The van der Waals surface area contributed by atoms with Crippen LogP contribution >= 0.6 is 12.4 Å². The molecule has 4 aromatic carbocycles. The summed E-state index contributed by atoms with van der Waals surface area (Å²) in [5.41, 5.74) is 7.35. The van der Waals surface area contributed by atoms with E-state index in [1.54, 1.807) is 66.7 Å². The molecule has 11 nitrogen and oxygen atoms in total. The highest BCUT2D eigenvalue weighted by Crippen LogP contribution is 2.45. The second kappa shape index (κ2) is 14.6. The number of hydrogen-bond donors (Lipinski definition) is 1. The normalized spacial score (nSPS) is 10.5. The maximum Gasteiger partial charge on any atom is 0.355 e. The van der Waals surface area contributed by atoms with Gasteiger partial charge in [-0.3, -0.25) is 14.2 Å². The average molecular weight is 661 g/mol. The molecule has 0 atom stereocenters. The Morgan fingerprint density at radius 2 is 1.32 bits per heavy atom. The number of benzene rings is 4. The monoisotopic (exact) mass is 660 g/mol. The van der Waals surface area contributed by atoms with Crippen molar-refractivity contribution in [2.45, 2.75) is 0 Å². The largest absolute Gasteiger partial charge is 0.493 e. The molecule has 0 saturated carbocycles. The van der Waals surface area contributed by atoms with Crippen molar-refractivity contribution in [2.75, 3.05) is 47.9 Å². The highest BCUT2D eigenvalue weighted by atomic mass is 35.5. The molecular weight excluding hydrogens is 628 g/mol. The molecule has 244 valence electrons. The van der Waals surface area contributed by atoms with Crippen molar-refractivity contribution in [3.05, 3.63) is 100 Å². The van der Waals surface area contributed by atoms with Gasteiger partial charge in [0.1, 0.15) is 5.69 Å². The van der Waals surface area contributed by atoms with Crippen molar-refractivity contribution in [3.63, 3.8) is 0 Å². The smallest absolute Gasteiger partial charge is 0.355 e. The first-order valence-electron chi connectivity index (χ1n) is 14.0. The summed E-state index contributed by atoms with van der Waals surface area (Å²) in [6.45, 7) is -0.308. The third kappa shape index (κ3) is 6.52. The Labute approximate surface area is 276 Å². The van der Waals surface area contributed by atoms with Gasteiger partial charge in [0, 0.05) is 27.9 Å². The molecule has 1 heterocycles. The van der Waals surface area contributed by atoms with Crippen molar-refractivity contribution in [1.29, 1.82) is 0 Å². The summed E-state index contributed by atoms with van der Waals surface area (Å²) in [7, 11) is 7.08. The molecule has 2 N–H and O–H groups in total. The van der Waals surface area contributed by atoms with Crippen molar-refractivity contribution < 1.29 is 38.0 Å². The molecule has 12 heteroatoms. The predicted octanol–water partition coefficient (Wildman–Crippen LogP) is 5.74. The second-order valence-electron chi connectivity index (χ2n) is 9.99. The van der Waals surface area contributed by atoms with Crippen molar-refractivity contribution in [3.8, 4) is 45.6 Å². The molecule has 0 saturated heterocycles. The van der Waals surface area contributed by atoms with Gasteiger partial charge in [-0.1, -0.05) is 30.3 Å². The van der Waals surface area contributed by atoms with E-state index >= 15 is 0 Å². The molecule has 5 rings (SSSR count). The van der Waals surface area contributed by atoms with E-state index in [0.717, 1.165) is 0 Å². The van der Waals surface area contributed by atoms with Gasteiger partial charge >= 0.3 is 5.97 Å². The SMILES string of the molecule is COC(=O)c1c(-c2cc(OC)c(OC)c(OC)c2)c2cc(OC)c(OCC(=O)c3ccccc3)cc2c(=O)n1-c1ccc(N)cc1.Cl. The fourth-order valence-electron chi connectivity index (χ4n) is 5.21. The zero-order chi connectivity index (χ0) is 33.0. The molecule has 0 radical (unpaired) electrons. The van der Waals surface area contributed by atoms with Crippen molar-refractivity contribution >= 4 is 40.6 Å². The summed E-state index contributed by atoms with van der Waals surface area (Å²) in [4.78, 5) is 40.9. The lowest BCUT2D eigenvalue weighted by Crippen LogP contribution is -2.27. The number of pyridine rings is 1. The van der Waals surface area contributed by atoms with Gasteiger partial charge in [-0.05, 0) is 54.1 Å². The molecular formula is C35H33ClN2O9. The Kier molecular flexibility index (Phi) is 10.6. The van der Waals surface area contributed by atoms with Crippen LogP contribution in [0.4, 0.5) is 5.69 Å². The summed E-state index contributed by atoms with van der Waals surface area (Å²) in [6, 6.07) is 21.6. The van der Waals surface area contributed by atoms with Crippen LogP contribution in [0.15, 0.2) is 83.7 Å². The molecule has 0 aliphatic carbocycles. The molecule has 47 heavy (non-hydrogen) atoms. The third-order valence-corrected chi connectivity index (χ3v) is 7.41. The lowest BCUT2D eigenvalue weighted by atomic mass is 9.95. The molecule has 0 spiro atoms. The molecule has 1 aromatic heterocycles. The number of esters is 1. The predicted molar refractivity (Wildman–Crippen MR) is 180 cm³/mol. The number of hydrogen-bond acceptors (Lipinski definition) is 10. The third-order valence-electron chi connectivity index (χ3n) is 7.41. The Balaban J connectivity index is 0.00000500. The Morgan fingerprint density at radius 3 is 1.87 bits per heavy atom. The number of halogens is 1. The number of anilines is 1. The number of nitrogen functional groups attached to an aromatic ring is 1. The first kappa shape index (κ1) is 34.2. The topological polar surface area (TPSA) is 138 Å². The average Bonchev–Trinajstić information content (AvgIpc) is 3.09. The molecule has 0 aliphatic rings. The Morgan fingerprint density at radius 1 is 0.723 bits per heavy atom. The Bertz CT molecular complexity index is 1970. The summed E-state index contributed by atoms with van der Waals surface area (Å²) in [5, 5.41) is 0.501. The van der Waals surface area contributed by atoms with Gasteiger partial charge in [-0.2, -0.15) is 0 Å². The maximum atomic E-state index is 14.4. The molecule has 0 aliphatic heterocycles. The number of rotatable bonds is 11. The Hall–Kier alpha value is -5.68. The van der Waals surface area contributed by atoms with E-state index < -0.39 is 11.5 Å². The highest BCUT2D eigenvalue weighted by Gasteiger charge is 2.28. The van der Waals surface area contributed by atoms with Gasteiger partial charge in [-0.25, -0.2) is 4.79 Å². The van der Waals surface area contributed by atoms with Crippen molar-refractivity contribution in [1.82, 2.24) is 4.57 Å². The number of aromatic nitrogens is 1. The quantitative estimate of drug-likeness (QED) is 0.106. The van der Waals surface area contributed by atoms with Crippen LogP contribution in [0.3, 0.4) is 0 Å². The fourth-order valence-corrected chi connectivity index (χ4v) is 5.21. The lowest BCUT2D eigenvalue weighted by Gasteiger charge is -2.21. The van der Waals surface area contributed by atoms with Crippen LogP contribution in [0.1, 0.15) is 20.8 Å². The van der Waals surface area contributed by atoms with Gasteiger partial charge in [-0.15, -0.1) is 12.4 Å². The number of methoxy groups -OCH3 is 5. The minimum Gasteiger partial charge on any atom is -0.493 e. The van der Waals surface area contributed by atoms with E-state index in [-0.39, 0.29) is 47.4 Å². The fraction of sp³-hybridized carbons (Fsp3) is 0.171. The van der Waals surface area contributed by atoms with Gasteiger partial charge in [0.2, 0.25) is 5.75 Å². The van der Waals surface area contributed by atoms with Crippen LogP contribution < -0.4 is 35.0 Å². The maximum absolute atomic E-state index is 14.4. The van der Waals surface area contributed by atoms with Gasteiger partial charge in [0.15, 0.2) is 35.4 Å². The van der Waals surface area contributed by atoms with Crippen LogP contribution in [-0.2, 0) is 4.74 Å². The number of carbonyl (C=O) groups excluding carboxylic acids is 2. The zero-order valence-electron chi connectivity index (χ0n) is 26.3. The number of nitrogens with zero attached hydrogens (tertiary/aromatic N) is 1. The summed E-state index contributed by atoms with van der Waals surface area (Å²) < 4.78 is 34.8. The second-order valence-corrected chi connectivity index (χ2v) is 9.99. The van der Waals surface area contributed by atoms with Gasteiger partial charge in [0.05, 0.1) is 40.9 Å². The van der Waals surface area contributed by atoms with E-state index in [4.69, 9.17) is 34.2 Å². The van der Waals surface area contributed by atoms with Crippen LogP contribution in [0, 0.1) is 0 Å². The van der Waals surface area contributed by atoms with E-state index in [9.17, 15) is 14.4 Å². The first-order valence-corrected chi connectivity index (χ1v) is 14.0. The molecule has 0 unspecified atom stereocenters. The molecule has 0 amide bonds. The summed E-state index contributed by atoms with van der Waals surface area (Å²) in [6.07, 6.45) is 0. The van der Waals surface area contributed by atoms with Crippen LogP contribution in [0.25, 0.3) is 27.6 Å². The number of fused-ring (bicyclic) bond motifs is 1. The minimum absolute atomic E-state index is 0. The van der Waals surface area contributed by atoms with Crippen molar-refractivity contribution in [2.24, 2.45) is 0 Å². The molecule has 0 fully saturated rings. The minimum atomic E-state index is -0.785. The number of nitrogens with two attached hydrogens (primary N) is 1. The van der Waals surface area contributed by atoms with Crippen LogP contribution in [0.2, 0.25) is 0 Å². The summed E-state index contributed by atoms with van der Waals surface area (Å²) >= 11 is 0. The van der Waals surface area contributed by atoms with Gasteiger partial charge < -0.3 is 34.2 Å². The number of carbonyl (C=O) groups is 2. The van der Waals surface area contributed by atoms with Crippen LogP contribution in [-0.4, -0.2) is 58.5 Å². The van der Waals surface area contributed by atoms with E-state index in [0.29, 0.717) is 50.7 Å². The zero-order valence-corrected chi connectivity index (χ0v) is 27.1. The van der Waals surface area contributed by atoms with Crippen LogP contribution in [0.5, 0.6) is 28.7 Å². The summed E-state index contributed by atoms with van der Waals surface area (Å²) in [5.74, 6) is 0.300. The number of Topliss-reactive ketones (excluding diaryl/α,β-unsaturated/α-hetero) is 1. The lowest BCUT2D eigenvalue weighted by molar-refractivity contribution is 0.0591. The first-order chi connectivity index (χ1) is 22.3. The molecule has 0 bridgehead atoms. The van der Waals surface area contributed by atoms with E-state index in [2.05, 4.69) is 0 Å². The highest BCUT2D eigenvalue weighted by molar-refractivity contribution is 6.08. The van der Waals surface area contributed by atoms with Gasteiger partial charge in [0.25, 0.3) is 5.56 Å². The molecule has 5 aromatic rings. The number of ether oxygens (including phenoxy) is 6. The number of ketones is 1. The van der Waals surface area contributed by atoms with E-state index in [1.165, 1.54) is 46.2 Å². The van der Waals surface area contributed by atoms with E-state index in [1.807, 2.05) is 6.07 Å².